The van der Waals surface area contributed by atoms with Gasteiger partial charge in [0.15, 0.2) is 5.82 Å². The van der Waals surface area contributed by atoms with E-state index < -0.39 is 45.5 Å². The molecule has 1 aliphatic carbocycles. The molecule has 6 nitrogen and oxygen atoms in total. The molecule has 2 N–H and O–H groups in total. The highest BCUT2D eigenvalue weighted by Crippen LogP contribution is 2.50. The van der Waals surface area contributed by atoms with Crippen LogP contribution in [0.25, 0.3) is 10.8 Å². The second kappa shape index (κ2) is 10.3. The van der Waals surface area contributed by atoms with E-state index in [1.807, 2.05) is 0 Å². The quantitative estimate of drug-likeness (QED) is 0.135. The van der Waals surface area contributed by atoms with E-state index >= 15 is 0 Å². The molecule has 12 heteroatoms. The van der Waals surface area contributed by atoms with Crippen molar-refractivity contribution in [2.45, 2.75) is 37.5 Å². The van der Waals surface area contributed by atoms with Crippen molar-refractivity contribution in [3.8, 4) is 0 Å². The Hall–Kier alpha value is -3.37. The van der Waals surface area contributed by atoms with Crippen molar-refractivity contribution >= 4 is 51.8 Å². The Bertz CT molecular complexity index is 1500. The van der Waals surface area contributed by atoms with Gasteiger partial charge in [-0.3, -0.25) is 4.79 Å². The van der Waals surface area contributed by atoms with E-state index in [2.05, 4.69) is 10.3 Å². The van der Waals surface area contributed by atoms with Gasteiger partial charge < -0.3 is 15.4 Å². The summed E-state index contributed by atoms with van der Waals surface area (Å²) in [6.07, 6.45) is -1.95. The van der Waals surface area contributed by atoms with Crippen LogP contribution in [-0.4, -0.2) is 30.6 Å². The minimum absolute atomic E-state index is 0.0423. The number of nitrogens with zero attached hydrogens (tertiary/aromatic N) is 2. The smallest absolute Gasteiger partial charge is 0.396 e. The first-order valence-corrected chi connectivity index (χ1v) is 12.7. The van der Waals surface area contributed by atoms with Crippen molar-refractivity contribution in [3.05, 3.63) is 80.6 Å². The zero-order chi connectivity index (χ0) is 27.9. The van der Waals surface area contributed by atoms with Gasteiger partial charge in [-0.15, -0.1) is 0 Å². The fourth-order valence-electron chi connectivity index (χ4n) is 4.58. The van der Waals surface area contributed by atoms with Crippen molar-refractivity contribution in [1.82, 2.24) is 0 Å². The zero-order valence-electron chi connectivity index (χ0n) is 20.2. The Morgan fingerprint density at radius 3 is 2.46 bits per heavy atom. The molecule has 204 valence electrons. The highest BCUT2D eigenvalue weighted by Gasteiger charge is 2.62. The number of nitrogens with two attached hydrogens (primary N) is 1. The maximum atomic E-state index is 14.5. The third-order valence-corrected chi connectivity index (χ3v) is 7.34. The SMILES string of the molecule is NC(=O)c1c(CC=NOCC2CC2)cc(C2=NOC(c3cc(Cl)c(F)c(Cl)c3)(C(F)(F)F)C2)c2ccccc12. The Kier molecular flexibility index (Phi) is 7.19. The van der Waals surface area contributed by atoms with Gasteiger partial charge in [0, 0.05) is 30.2 Å². The van der Waals surface area contributed by atoms with Crippen molar-refractivity contribution < 1.29 is 32.0 Å². The summed E-state index contributed by atoms with van der Waals surface area (Å²) in [5.41, 5.74) is 3.14. The number of rotatable bonds is 8. The van der Waals surface area contributed by atoms with Gasteiger partial charge in [0.25, 0.3) is 5.60 Å². The molecule has 2 aliphatic rings. The minimum Gasteiger partial charge on any atom is -0.396 e. The number of carbonyl (C=O) groups excluding carboxylic acids is 1. The van der Waals surface area contributed by atoms with Crippen LogP contribution in [0.3, 0.4) is 0 Å². The highest BCUT2D eigenvalue weighted by molar-refractivity contribution is 6.35. The van der Waals surface area contributed by atoms with Crippen LogP contribution < -0.4 is 5.73 Å². The van der Waals surface area contributed by atoms with E-state index in [0.29, 0.717) is 34.4 Å². The number of oxime groups is 2. The standard InChI is InChI=1S/C27H21Cl2F4N3O3/c28-20-10-16(11-21(29)24(20)30)26(27(31,32)33)12-22(36-39-26)19-9-15(7-8-35-38-13-14-5-6-14)23(25(34)37)18-4-2-1-3-17(18)19/h1-4,8-11,14H,5-7,12-13H2,(H2,34,37). The van der Waals surface area contributed by atoms with E-state index in [0.717, 1.165) is 25.0 Å². The van der Waals surface area contributed by atoms with E-state index in [-0.39, 0.29) is 17.7 Å². The first kappa shape index (κ1) is 27.2. The molecular weight excluding hydrogens is 561 g/mol. The van der Waals surface area contributed by atoms with Gasteiger partial charge >= 0.3 is 6.18 Å². The molecular formula is C27H21Cl2F4N3O3. The lowest BCUT2D eigenvalue weighted by molar-refractivity contribution is -0.275. The molecule has 1 saturated carbocycles. The van der Waals surface area contributed by atoms with Crippen LogP contribution in [0.2, 0.25) is 10.0 Å². The molecule has 1 heterocycles. The summed E-state index contributed by atoms with van der Waals surface area (Å²) in [6, 6.07) is 9.86. The third-order valence-electron chi connectivity index (χ3n) is 6.79. The summed E-state index contributed by atoms with van der Waals surface area (Å²) < 4.78 is 57.6. The lowest BCUT2D eigenvalue weighted by Gasteiger charge is -2.30. The predicted molar refractivity (Wildman–Crippen MR) is 140 cm³/mol. The lowest BCUT2D eigenvalue weighted by atomic mass is 9.84. The zero-order valence-corrected chi connectivity index (χ0v) is 21.7. The van der Waals surface area contributed by atoms with E-state index in [1.54, 1.807) is 30.3 Å². The Labute approximate surface area is 230 Å². The van der Waals surface area contributed by atoms with Crippen LogP contribution >= 0.6 is 23.2 Å². The molecule has 3 aromatic rings. The second-order valence-electron chi connectivity index (χ2n) is 9.48. The number of amides is 1. The van der Waals surface area contributed by atoms with E-state index in [9.17, 15) is 22.4 Å². The second-order valence-corrected chi connectivity index (χ2v) is 10.3. The van der Waals surface area contributed by atoms with Crippen molar-refractivity contribution in [2.24, 2.45) is 22.0 Å². The van der Waals surface area contributed by atoms with Crippen molar-refractivity contribution in [3.63, 3.8) is 0 Å². The molecule has 3 aromatic carbocycles. The lowest BCUT2D eigenvalue weighted by Crippen LogP contribution is -2.42. The van der Waals surface area contributed by atoms with Gasteiger partial charge in [0.2, 0.25) is 5.91 Å². The topological polar surface area (TPSA) is 86.3 Å². The number of primary amides is 1. The summed E-state index contributed by atoms with van der Waals surface area (Å²) >= 11 is 11.6. The number of halogens is 6. The maximum absolute atomic E-state index is 14.5. The summed E-state index contributed by atoms with van der Waals surface area (Å²) in [6.45, 7) is 0.493. The van der Waals surface area contributed by atoms with Crippen LogP contribution in [0.15, 0.2) is 52.8 Å². The van der Waals surface area contributed by atoms with Gasteiger partial charge in [-0.05, 0) is 53.3 Å². The van der Waals surface area contributed by atoms with Gasteiger partial charge in [0.1, 0.15) is 6.61 Å². The Morgan fingerprint density at radius 2 is 1.85 bits per heavy atom. The fraction of sp³-hybridized carbons (Fsp3) is 0.296. The first-order chi connectivity index (χ1) is 18.5. The summed E-state index contributed by atoms with van der Waals surface area (Å²) in [5, 5.41) is 7.48. The summed E-state index contributed by atoms with van der Waals surface area (Å²) in [7, 11) is 0. The van der Waals surface area contributed by atoms with Crippen molar-refractivity contribution in [1.29, 1.82) is 0 Å². The average molecular weight is 582 g/mol. The molecule has 0 saturated heterocycles. The molecule has 0 bridgehead atoms. The van der Waals surface area contributed by atoms with Gasteiger partial charge in [-0.1, -0.05) is 57.8 Å². The van der Waals surface area contributed by atoms with Gasteiger partial charge in [-0.25, -0.2) is 4.39 Å². The molecule has 0 spiro atoms. The normalized spacial score (nSPS) is 19.4. The highest BCUT2D eigenvalue weighted by atomic mass is 35.5. The van der Waals surface area contributed by atoms with Crippen LogP contribution in [0.5, 0.6) is 0 Å². The maximum Gasteiger partial charge on any atom is 0.435 e. The minimum atomic E-state index is -4.97. The predicted octanol–water partition coefficient (Wildman–Crippen LogP) is 6.92. The molecule has 1 aliphatic heterocycles. The van der Waals surface area contributed by atoms with Crippen LogP contribution in [0.1, 0.15) is 46.3 Å². The van der Waals surface area contributed by atoms with Crippen LogP contribution in [0.4, 0.5) is 17.6 Å². The summed E-state index contributed by atoms with van der Waals surface area (Å²) in [4.78, 5) is 22.8. The number of fused-ring (bicyclic) bond motifs is 1. The van der Waals surface area contributed by atoms with E-state index in [1.165, 1.54) is 6.21 Å². The molecule has 1 atom stereocenters. The number of carbonyl (C=O) groups is 1. The molecule has 1 fully saturated rings. The molecule has 0 aromatic heterocycles. The number of hydrogen-bond acceptors (Lipinski definition) is 5. The van der Waals surface area contributed by atoms with Gasteiger partial charge in [0.05, 0.1) is 21.3 Å². The largest absolute Gasteiger partial charge is 0.435 e. The molecule has 39 heavy (non-hydrogen) atoms. The number of alkyl halides is 3. The fourth-order valence-corrected chi connectivity index (χ4v) is 5.07. The van der Waals surface area contributed by atoms with Gasteiger partial charge in [-0.2, -0.15) is 13.2 Å². The van der Waals surface area contributed by atoms with Crippen LogP contribution in [-0.2, 0) is 21.7 Å². The Morgan fingerprint density at radius 1 is 1.18 bits per heavy atom. The third kappa shape index (κ3) is 5.15. The molecule has 1 amide bonds. The first-order valence-electron chi connectivity index (χ1n) is 12.0. The Balaban J connectivity index is 1.57. The van der Waals surface area contributed by atoms with Crippen LogP contribution in [0, 0.1) is 11.7 Å². The molecule has 0 radical (unpaired) electrons. The number of hydrogen-bond donors (Lipinski definition) is 1. The monoisotopic (exact) mass is 581 g/mol. The average Bonchev–Trinajstić information content (AvgIpc) is 3.59. The molecule has 1 unspecified atom stereocenters. The summed E-state index contributed by atoms with van der Waals surface area (Å²) in [5.74, 6) is -1.25. The van der Waals surface area contributed by atoms with Crippen molar-refractivity contribution in [2.75, 3.05) is 6.61 Å². The molecule has 5 rings (SSSR count). The number of benzene rings is 3. The van der Waals surface area contributed by atoms with E-state index in [4.69, 9.17) is 38.6 Å².